The summed E-state index contributed by atoms with van der Waals surface area (Å²) < 4.78 is 5.81. The van der Waals surface area contributed by atoms with Crippen molar-refractivity contribution >= 4 is 29.2 Å². The largest absolute Gasteiger partial charge is 0.457 e. The molecule has 0 aliphatic heterocycles. The monoisotopic (exact) mass is 375 g/mol. The van der Waals surface area contributed by atoms with Crippen molar-refractivity contribution < 1.29 is 4.74 Å². The van der Waals surface area contributed by atoms with Crippen molar-refractivity contribution in [1.29, 1.82) is 0 Å². The Bertz CT molecular complexity index is 917. The normalized spacial score (nSPS) is 10.6. The number of benzene rings is 3. The Labute approximate surface area is 164 Å². The average Bonchev–Trinajstić information content (AvgIpc) is 2.67. The van der Waals surface area contributed by atoms with Gasteiger partial charge in [-0.1, -0.05) is 35.4 Å². The van der Waals surface area contributed by atoms with Crippen molar-refractivity contribution in [3.8, 4) is 11.5 Å². The maximum Gasteiger partial charge on any atom is 0.191 e. The van der Waals surface area contributed by atoms with Crippen LogP contribution in [0.5, 0.6) is 11.5 Å². The van der Waals surface area contributed by atoms with Crippen LogP contribution in [0.2, 0.25) is 0 Å². The summed E-state index contributed by atoms with van der Waals surface area (Å²) in [6.45, 7) is 4.09. The van der Waals surface area contributed by atoms with E-state index in [2.05, 4.69) is 15.8 Å². The lowest BCUT2D eigenvalue weighted by Gasteiger charge is -2.07. The molecule has 0 bridgehead atoms. The Balaban J connectivity index is 1.50. The molecule has 4 nitrogen and oxygen atoms in total. The third-order valence-corrected chi connectivity index (χ3v) is 4.02. The highest BCUT2D eigenvalue weighted by atomic mass is 32.1. The number of ether oxygens (including phenoxy) is 1. The van der Waals surface area contributed by atoms with Crippen LogP contribution in [0.1, 0.15) is 16.7 Å². The molecular formula is C22H21N3OS. The molecule has 0 radical (unpaired) electrons. The number of rotatable bonds is 5. The van der Waals surface area contributed by atoms with E-state index in [0.29, 0.717) is 5.11 Å². The zero-order valence-corrected chi connectivity index (χ0v) is 16.1. The van der Waals surface area contributed by atoms with Crippen LogP contribution in [0, 0.1) is 13.8 Å². The van der Waals surface area contributed by atoms with Crippen LogP contribution in [-0.2, 0) is 0 Å². The van der Waals surface area contributed by atoms with Crippen molar-refractivity contribution in [1.82, 2.24) is 5.43 Å². The number of anilines is 1. The topological polar surface area (TPSA) is 45.7 Å². The number of aryl methyl sites for hydroxylation is 2. The highest BCUT2D eigenvalue weighted by Crippen LogP contribution is 2.21. The lowest BCUT2D eigenvalue weighted by molar-refractivity contribution is 0.482. The second-order valence-corrected chi connectivity index (χ2v) is 6.58. The van der Waals surface area contributed by atoms with Crippen LogP contribution >= 0.6 is 12.2 Å². The number of thiocarbonyl (C=S) groups is 1. The molecule has 0 fully saturated rings. The van der Waals surface area contributed by atoms with Gasteiger partial charge in [0.2, 0.25) is 0 Å². The molecule has 27 heavy (non-hydrogen) atoms. The number of nitrogens with one attached hydrogen (secondary N) is 2. The summed E-state index contributed by atoms with van der Waals surface area (Å²) in [5.74, 6) is 1.59. The molecular weight excluding hydrogens is 354 g/mol. The van der Waals surface area contributed by atoms with Gasteiger partial charge in [0.15, 0.2) is 5.11 Å². The summed E-state index contributed by atoms with van der Waals surface area (Å²) in [6, 6.07) is 23.6. The zero-order valence-electron chi connectivity index (χ0n) is 15.3. The average molecular weight is 375 g/mol. The molecule has 0 atom stereocenters. The van der Waals surface area contributed by atoms with E-state index in [1.165, 1.54) is 11.1 Å². The van der Waals surface area contributed by atoms with Gasteiger partial charge in [-0.2, -0.15) is 5.10 Å². The first kappa shape index (κ1) is 18.6. The first-order valence-corrected chi connectivity index (χ1v) is 9.01. The molecule has 136 valence electrons. The molecule has 2 N–H and O–H groups in total. The lowest BCUT2D eigenvalue weighted by atomic mass is 10.2. The molecule has 0 unspecified atom stereocenters. The first-order chi connectivity index (χ1) is 13.1. The third kappa shape index (κ3) is 5.94. The molecule has 0 saturated heterocycles. The van der Waals surface area contributed by atoms with Crippen molar-refractivity contribution in [3.63, 3.8) is 0 Å². The van der Waals surface area contributed by atoms with E-state index in [1.54, 1.807) is 6.21 Å². The highest BCUT2D eigenvalue weighted by Gasteiger charge is 1.98. The molecule has 5 heteroatoms. The van der Waals surface area contributed by atoms with Gasteiger partial charge < -0.3 is 10.1 Å². The summed E-state index contributed by atoms with van der Waals surface area (Å²) in [6.07, 6.45) is 1.71. The van der Waals surface area contributed by atoms with E-state index in [0.717, 1.165) is 22.7 Å². The molecule has 0 aliphatic rings. The zero-order chi connectivity index (χ0) is 19.1. The van der Waals surface area contributed by atoms with Crippen molar-refractivity contribution in [3.05, 3.63) is 89.5 Å². The van der Waals surface area contributed by atoms with Gasteiger partial charge in [0.1, 0.15) is 11.5 Å². The van der Waals surface area contributed by atoms with Crippen LogP contribution in [0.3, 0.4) is 0 Å². The smallest absolute Gasteiger partial charge is 0.191 e. The van der Waals surface area contributed by atoms with Crippen molar-refractivity contribution in [2.45, 2.75) is 13.8 Å². The quantitative estimate of drug-likeness (QED) is 0.355. The molecule has 0 amide bonds. The molecule has 3 rings (SSSR count). The summed E-state index contributed by atoms with van der Waals surface area (Å²) in [4.78, 5) is 0. The summed E-state index contributed by atoms with van der Waals surface area (Å²) in [7, 11) is 0. The van der Waals surface area contributed by atoms with Gasteiger partial charge in [0.25, 0.3) is 0 Å². The number of hydrazone groups is 1. The molecule has 3 aromatic rings. The fourth-order valence-corrected chi connectivity index (χ4v) is 2.50. The molecule has 0 aliphatic carbocycles. The van der Waals surface area contributed by atoms with Crippen molar-refractivity contribution in [2.24, 2.45) is 5.10 Å². The third-order valence-electron chi connectivity index (χ3n) is 3.83. The Kier molecular flexibility index (Phi) is 6.18. The van der Waals surface area contributed by atoms with E-state index in [4.69, 9.17) is 17.0 Å². The number of nitrogens with zero attached hydrogens (tertiary/aromatic N) is 1. The first-order valence-electron chi connectivity index (χ1n) is 8.60. The molecule has 0 saturated carbocycles. The minimum atomic E-state index is 0.439. The van der Waals surface area contributed by atoms with Gasteiger partial charge in [-0.15, -0.1) is 0 Å². The van der Waals surface area contributed by atoms with Crippen LogP contribution < -0.4 is 15.5 Å². The van der Waals surface area contributed by atoms with Crippen LogP contribution in [0.15, 0.2) is 77.9 Å². The van der Waals surface area contributed by atoms with Crippen LogP contribution in [0.25, 0.3) is 0 Å². The number of hydrogen-bond donors (Lipinski definition) is 2. The summed E-state index contributed by atoms with van der Waals surface area (Å²) >= 11 is 5.23. The second kappa shape index (κ2) is 8.96. The van der Waals surface area contributed by atoms with Crippen molar-refractivity contribution in [2.75, 3.05) is 5.32 Å². The molecule has 0 aromatic heterocycles. The van der Waals surface area contributed by atoms with Gasteiger partial charge in [-0.3, -0.25) is 5.43 Å². The maximum absolute atomic E-state index is 5.81. The number of hydrogen-bond acceptors (Lipinski definition) is 3. The Morgan fingerprint density at radius 1 is 0.815 bits per heavy atom. The predicted octanol–water partition coefficient (Wildman–Crippen LogP) is 5.42. The Morgan fingerprint density at radius 2 is 1.33 bits per heavy atom. The minimum absolute atomic E-state index is 0.439. The maximum atomic E-state index is 5.81. The molecule has 0 heterocycles. The van der Waals surface area contributed by atoms with Crippen LogP contribution in [-0.4, -0.2) is 11.3 Å². The predicted molar refractivity (Wildman–Crippen MR) is 116 cm³/mol. The molecule has 3 aromatic carbocycles. The Morgan fingerprint density at radius 3 is 1.93 bits per heavy atom. The minimum Gasteiger partial charge on any atom is -0.457 e. The summed E-state index contributed by atoms with van der Waals surface area (Å²) in [5.41, 5.74) is 7.08. The van der Waals surface area contributed by atoms with Gasteiger partial charge in [0, 0.05) is 5.69 Å². The van der Waals surface area contributed by atoms with Crippen LogP contribution in [0.4, 0.5) is 5.69 Å². The Hall–Kier alpha value is -3.18. The van der Waals surface area contributed by atoms with Gasteiger partial charge in [-0.05, 0) is 80.2 Å². The van der Waals surface area contributed by atoms with E-state index in [9.17, 15) is 0 Å². The fourth-order valence-electron chi connectivity index (χ4n) is 2.33. The fraction of sp³-hybridized carbons (Fsp3) is 0.0909. The van der Waals surface area contributed by atoms with E-state index in [1.807, 2.05) is 86.6 Å². The van der Waals surface area contributed by atoms with Gasteiger partial charge in [0.05, 0.1) is 6.21 Å². The van der Waals surface area contributed by atoms with E-state index < -0.39 is 0 Å². The SMILES string of the molecule is Cc1ccc(NC(=S)N/N=C/c2ccc(Oc3ccc(C)cc3)cc2)cc1. The second-order valence-electron chi connectivity index (χ2n) is 6.17. The highest BCUT2D eigenvalue weighted by molar-refractivity contribution is 7.80. The summed E-state index contributed by atoms with van der Waals surface area (Å²) in [5, 5.41) is 7.68. The van der Waals surface area contributed by atoms with E-state index in [-0.39, 0.29) is 0 Å². The van der Waals surface area contributed by atoms with Gasteiger partial charge in [-0.25, -0.2) is 0 Å². The lowest BCUT2D eigenvalue weighted by Crippen LogP contribution is -2.23. The van der Waals surface area contributed by atoms with Gasteiger partial charge >= 0.3 is 0 Å². The molecule has 0 spiro atoms. The van der Waals surface area contributed by atoms with E-state index >= 15 is 0 Å². The standard InChI is InChI=1S/C22H21N3OS/c1-16-3-9-19(10-4-16)24-22(27)25-23-15-18-7-13-21(14-8-18)26-20-11-5-17(2)6-12-20/h3-15H,1-2H3,(H2,24,25,27)/b23-15+.